The molecular weight excluding hydrogens is 194 g/mol. The van der Waals surface area contributed by atoms with Gasteiger partial charge in [0.1, 0.15) is 0 Å². The third kappa shape index (κ3) is 2.61. The topological polar surface area (TPSA) is 12.0 Å². The molecule has 0 aromatic rings. The molecule has 0 radical (unpaired) electrons. The minimum Gasteiger partial charge on any atom is -0.319 e. The Morgan fingerprint density at radius 2 is 1.88 bits per heavy atom. The molecular formula is C15H29N. The molecule has 1 N–H and O–H groups in total. The first-order valence-electron chi connectivity index (χ1n) is 7.37. The van der Waals surface area contributed by atoms with E-state index in [1.54, 1.807) is 0 Å². The largest absolute Gasteiger partial charge is 0.319 e. The predicted octanol–water partition coefficient (Wildman–Crippen LogP) is 3.69. The summed E-state index contributed by atoms with van der Waals surface area (Å²) in [5, 5.41) is 3.41. The lowest BCUT2D eigenvalue weighted by Gasteiger charge is -2.45. The van der Waals surface area contributed by atoms with E-state index < -0.39 is 0 Å². The van der Waals surface area contributed by atoms with E-state index in [1.807, 2.05) is 0 Å². The lowest BCUT2D eigenvalue weighted by atomic mass is 9.61. The molecule has 0 aliphatic heterocycles. The van der Waals surface area contributed by atoms with Crippen LogP contribution in [0.5, 0.6) is 0 Å². The van der Waals surface area contributed by atoms with Crippen LogP contribution < -0.4 is 5.32 Å². The van der Waals surface area contributed by atoms with Gasteiger partial charge in [0.05, 0.1) is 0 Å². The second-order valence-corrected chi connectivity index (χ2v) is 6.49. The number of nitrogens with one attached hydrogen (secondary N) is 1. The fourth-order valence-corrected chi connectivity index (χ4v) is 3.87. The van der Waals surface area contributed by atoms with Crippen molar-refractivity contribution in [3.8, 4) is 0 Å². The van der Waals surface area contributed by atoms with Crippen molar-refractivity contribution in [1.82, 2.24) is 5.32 Å². The molecule has 2 rings (SSSR count). The molecule has 2 aliphatic rings. The summed E-state index contributed by atoms with van der Waals surface area (Å²) in [5.41, 5.74) is 0. The minimum absolute atomic E-state index is 0.901. The predicted molar refractivity (Wildman–Crippen MR) is 70.4 cm³/mol. The Morgan fingerprint density at radius 3 is 2.38 bits per heavy atom. The molecule has 0 amide bonds. The maximum absolute atomic E-state index is 3.41. The Bertz CT molecular complexity index is 207. The number of hydrogen-bond donors (Lipinski definition) is 1. The fourth-order valence-electron chi connectivity index (χ4n) is 3.87. The highest BCUT2D eigenvalue weighted by Gasteiger charge is 2.38. The molecule has 94 valence electrons. The van der Waals surface area contributed by atoms with Gasteiger partial charge in [-0.05, 0) is 62.4 Å². The highest BCUT2D eigenvalue weighted by Crippen LogP contribution is 2.46. The molecule has 3 unspecified atom stereocenters. The van der Waals surface area contributed by atoms with Crippen LogP contribution in [0.25, 0.3) is 0 Å². The zero-order valence-corrected chi connectivity index (χ0v) is 11.3. The van der Waals surface area contributed by atoms with Gasteiger partial charge in [0.25, 0.3) is 0 Å². The van der Waals surface area contributed by atoms with E-state index in [0.29, 0.717) is 0 Å². The first kappa shape index (κ1) is 12.4. The van der Waals surface area contributed by atoms with Gasteiger partial charge in [-0.2, -0.15) is 0 Å². The molecule has 0 spiro atoms. The van der Waals surface area contributed by atoms with Crippen molar-refractivity contribution >= 4 is 0 Å². The van der Waals surface area contributed by atoms with Gasteiger partial charge in [-0.25, -0.2) is 0 Å². The van der Waals surface area contributed by atoms with Crippen molar-refractivity contribution in [3.63, 3.8) is 0 Å². The second kappa shape index (κ2) is 5.53. The summed E-state index contributed by atoms with van der Waals surface area (Å²) in [6.07, 6.45) is 9.03. The van der Waals surface area contributed by atoms with Crippen LogP contribution in [0.15, 0.2) is 0 Å². The van der Waals surface area contributed by atoms with Crippen molar-refractivity contribution in [1.29, 1.82) is 0 Å². The molecule has 0 heterocycles. The summed E-state index contributed by atoms with van der Waals surface area (Å²) in [6.45, 7) is 6.09. The Hall–Kier alpha value is -0.0400. The molecule has 1 nitrogen and oxygen atoms in total. The van der Waals surface area contributed by atoms with Gasteiger partial charge in [-0.1, -0.05) is 33.1 Å². The van der Waals surface area contributed by atoms with Gasteiger partial charge in [0.15, 0.2) is 0 Å². The van der Waals surface area contributed by atoms with E-state index in [4.69, 9.17) is 0 Å². The summed E-state index contributed by atoms with van der Waals surface area (Å²) in [4.78, 5) is 0. The minimum atomic E-state index is 0.901. The van der Waals surface area contributed by atoms with Crippen LogP contribution in [0.1, 0.15) is 52.4 Å². The average molecular weight is 223 g/mol. The van der Waals surface area contributed by atoms with E-state index in [-0.39, 0.29) is 0 Å². The lowest BCUT2D eigenvalue weighted by molar-refractivity contribution is 0.0608. The first-order valence-corrected chi connectivity index (χ1v) is 7.37. The SMILES string of the molecule is CNCC1CCC(C(C)C)CC1C1CCC1. The van der Waals surface area contributed by atoms with Gasteiger partial charge < -0.3 is 5.32 Å². The Balaban J connectivity index is 1.94. The summed E-state index contributed by atoms with van der Waals surface area (Å²) in [7, 11) is 2.12. The van der Waals surface area contributed by atoms with Gasteiger partial charge in [-0.15, -0.1) is 0 Å². The summed E-state index contributed by atoms with van der Waals surface area (Å²) in [6, 6.07) is 0. The maximum Gasteiger partial charge on any atom is -0.00208 e. The van der Waals surface area contributed by atoms with Crippen molar-refractivity contribution < 1.29 is 0 Å². The highest BCUT2D eigenvalue weighted by atomic mass is 14.8. The van der Waals surface area contributed by atoms with E-state index >= 15 is 0 Å². The molecule has 0 aromatic carbocycles. The zero-order chi connectivity index (χ0) is 11.5. The fraction of sp³-hybridized carbons (Fsp3) is 1.00. The molecule has 16 heavy (non-hydrogen) atoms. The lowest BCUT2D eigenvalue weighted by Crippen LogP contribution is -2.39. The van der Waals surface area contributed by atoms with Gasteiger partial charge in [-0.3, -0.25) is 0 Å². The molecule has 0 aromatic heterocycles. The average Bonchev–Trinajstić information content (AvgIpc) is 2.18. The third-order valence-corrected chi connectivity index (χ3v) is 5.25. The van der Waals surface area contributed by atoms with Gasteiger partial charge in [0, 0.05) is 0 Å². The van der Waals surface area contributed by atoms with Gasteiger partial charge >= 0.3 is 0 Å². The van der Waals surface area contributed by atoms with Crippen molar-refractivity contribution in [2.45, 2.75) is 52.4 Å². The quantitative estimate of drug-likeness (QED) is 0.766. The molecule has 3 atom stereocenters. The van der Waals surface area contributed by atoms with Gasteiger partial charge in [0.2, 0.25) is 0 Å². The molecule has 2 fully saturated rings. The number of hydrogen-bond acceptors (Lipinski definition) is 1. The Morgan fingerprint density at radius 1 is 1.12 bits per heavy atom. The summed E-state index contributed by atoms with van der Waals surface area (Å²) in [5.74, 6) is 5.02. The van der Waals surface area contributed by atoms with E-state index in [1.165, 1.54) is 45.1 Å². The zero-order valence-electron chi connectivity index (χ0n) is 11.3. The Kier molecular flexibility index (Phi) is 4.29. The monoisotopic (exact) mass is 223 g/mol. The van der Waals surface area contributed by atoms with Crippen LogP contribution in [0, 0.1) is 29.6 Å². The normalized spacial score (nSPS) is 36.4. The molecule has 1 heteroatoms. The molecule has 2 saturated carbocycles. The van der Waals surface area contributed by atoms with Crippen molar-refractivity contribution in [3.05, 3.63) is 0 Å². The van der Waals surface area contributed by atoms with Crippen molar-refractivity contribution in [2.75, 3.05) is 13.6 Å². The summed E-state index contributed by atoms with van der Waals surface area (Å²) < 4.78 is 0. The van der Waals surface area contributed by atoms with Crippen LogP contribution in [0.4, 0.5) is 0 Å². The van der Waals surface area contributed by atoms with Crippen LogP contribution in [-0.2, 0) is 0 Å². The van der Waals surface area contributed by atoms with Crippen LogP contribution >= 0.6 is 0 Å². The van der Waals surface area contributed by atoms with E-state index in [9.17, 15) is 0 Å². The molecule has 0 bridgehead atoms. The standard InChI is InChI=1S/C15H29N/c1-11(2)13-7-8-14(10-16-3)15(9-13)12-5-4-6-12/h11-16H,4-10H2,1-3H3. The third-order valence-electron chi connectivity index (χ3n) is 5.25. The smallest absolute Gasteiger partial charge is 0.00208 e. The molecule has 2 aliphatic carbocycles. The number of rotatable bonds is 4. The van der Waals surface area contributed by atoms with Crippen LogP contribution in [-0.4, -0.2) is 13.6 Å². The first-order chi connectivity index (χ1) is 7.72. The summed E-state index contributed by atoms with van der Waals surface area (Å²) >= 11 is 0. The van der Waals surface area contributed by atoms with E-state index in [2.05, 4.69) is 26.2 Å². The second-order valence-electron chi connectivity index (χ2n) is 6.49. The highest BCUT2D eigenvalue weighted by molar-refractivity contribution is 4.89. The maximum atomic E-state index is 3.41. The Labute approximate surface area is 101 Å². The van der Waals surface area contributed by atoms with Crippen LogP contribution in [0.2, 0.25) is 0 Å². The molecule has 0 saturated heterocycles. The van der Waals surface area contributed by atoms with Crippen LogP contribution in [0.3, 0.4) is 0 Å². The van der Waals surface area contributed by atoms with Crippen molar-refractivity contribution in [2.24, 2.45) is 29.6 Å². The van der Waals surface area contributed by atoms with E-state index in [0.717, 1.165) is 29.6 Å².